The number of piperazine rings is 1. The van der Waals surface area contributed by atoms with Crippen molar-refractivity contribution in [2.75, 3.05) is 31.1 Å². The Balaban J connectivity index is 1.45. The van der Waals surface area contributed by atoms with Gasteiger partial charge < -0.3 is 15.1 Å². The van der Waals surface area contributed by atoms with Gasteiger partial charge in [-0.2, -0.15) is 5.26 Å². The van der Waals surface area contributed by atoms with Crippen LogP contribution >= 0.6 is 0 Å². The molecular weight excluding hydrogens is 439 g/mol. The predicted molar refractivity (Wildman–Crippen MR) is 123 cm³/mol. The van der Waals surface area contributed by atoms with Crippen molar-refractivity contribution in [3.05, 3.63) is 70.0 Å². The van der Waals surface area contributed by atoms with Crippen LogP contribution in [-0.4, -0.2) is 52.4 Å². The summed E-state index contributed by atoms with van der Waals surface area (Å²) in [6.45, 7) is 3.95. The summed E-state index contributed by atoms with van der Waals surface area (Å²) in [6.07, 6.45) is 1.33. The average Bonchev–Trinajstić information content (AvgIpc) is 2.84. The maximum absolute atomic E-state index is 13.7. The van der Waals surface area contributed by atoms with Gasteiger partial charge in [0.25, 0.3) is 5.56 Å². The van der Waals surface area contributed by atoms with Crippen LogP contribution in [0.2, 0.25) is 0 Å². The van der Waals surface area contributed by atoms with E-state index in [-0.39, 0.29) is 30.1 Å². The third kappa shape index (κ3) is 4.88. The van der Waals surface area contributed by atoms with Crippen LogP contribution in [0, 0.1) is 17.1 Å². The third-order valence-electron chi connectivity index (χ3n) is 5.86. The molecule has 1 N–H and O–H groups in total. The van der Waals surface area contributed by atoms with Crippen molar-refractivity contribution in [3.63, 3.8) is 0 Å². The summed E-state index contributed by atoms with van der Waals surface area (Å²) >= 11 is 0. The number of fused-ring (bicyclic) bond motifs is 1. The molecule has 0 unspecified atom stereocenters. The summed E-state index contributed by atoms with van der Waals surface area (Å²) in [5.41, 5.74) is 1.49. The summed E-state index contributed by atoms with van der Waals surface area (Å²) in [4.78, 5) is 45.2. The highest BCUT2D eigenvalue weighted by Gasteiger charge is 2.19. The van der Waals surface area contributed by atoms with Crippen LogP contribution in [0.1, 0.15) is 18.1 Å². The molecule has 34 heavy (non-hydrogen) atoms. The molecule has 10 heteroatoms. The molecule has 1 aliphatic rings. The number of carbonyl (C=O) groups is 2. The first-order valence-electron chi connectivity index (χ1n) is 10.8. The lowest BCUT2D eigenvalue weighted by Gasteiger charge is -2.35. The van der Waals surface area contributed by atoms with E-state index in [1.54, 1.807) is 36.1 Å². The van der Waals surface area contributed by atoms with Crippen LogP contribution in [0.15, 0.2) is 47.5 Å². The minimum Gasteiger partial charge on any atom is -0.368 e. The summed E-state index contributed by atoms with van der Waals surface area (Å²) in [5, 5.41) is 11.8. The molecule has 0 saturated carbocycles. The lowest BCUT2D eigenvalue weighted by Crippen LogP contribution is -2.48. The average molecular weight is 462 g/mol. The van der Waals surface area contributed by atoms with Gasteiger partial charge >= 0.3 is 0 Å². The lowest BCUT2D eigenvalue weighted by atomic mass is 10.1. The summed E-state index contributed by atoms with van der Waals surface area (Å²) in [5.74, 6) is -1.03. The van der Waals surface area contributed by atoms with E-state index in [9.17, 15) is 18.8 Å². The highest BCUT2D eigenvalue weighted by Crippen LogP contribution is 2.20. The van der Waals surface area contributed by atoms with Gasteiger partial charge in [0.15, 0.2) is 0 Å². The van der Waals surface area contributed by atoms with E-state index in [4.69, 9.17) is 5.26 Å². The zero-order valence-electron chi connectivity index (χ0n) is 18.6. The summed E-state index contributed by atoms with van der Waals surface area (Å²) in [7, 11) is 0. The van der Waals surface area contributed by atoms with Crippen LogP contribution in [0.25, 0.3) is 10.9 Å². The molecular formula is C24H23FN6O3. The zero-order valence-corrected chi connectivity index (χ0v) is 18.6. The second kappa shape index (κ2) is 9.70. The number of nitriles is 1. The van der Waals surface area contributed by atoms with Crippen molar-refractivity contribution in [2.24, 2.45) is 0 Å². The van der Waals surface area contributed by atoms with E-state index in [0.29, 0.717) is 42.6 Å². The van der Waals surface area contributed by atoms with Crippen LogP contribution in [-0.2, 0) is 22.7 Å². The smallest absolute Gasteiger partial charge is 0.261 e. The van der Waals surface area contributed by atoms with Crippen molar-refractivity contribution < 1.29 is 14.0 Å². The first-order chi connectivity index (χ1) is 16.4. The van der Waals surface area contributed by atoms with Gasteiger partial charge in [0.05, 0.1) is 22.8 Å². The van der Waals surface area contributed by atoms with E-state index < -0.39 is 11.7 Å². The lowest BCUT2D eigenvalue weighted by molar-refractivity contribution is -0.129. The molecule has 3 aromatic rings. The Kier molecular flexibility index (Phi) is 6.54. The zero-order chi connectivity index (χ0) is 24.2. The van der Waals surface area contributed by atoms with Crippen molar-refractivity contribution in [1.29, 1.82) is 5.26 Å². The molecule has 2 amide bonds. The number of nitrogens with zero attached hydrogens (tertiary/aromatic N) is 5. The van der Waals surface area contributed by atoms with Crippen LogP contribution in [0.3, 0.4) is 0 Å². The highest BCUT2D eigenvalue weighted by molar-refractivity contribution is 5.82. The molecule has 1 aromatic heterocycles. The van der Waals surface area contributed by atoms with Gasteiger partial charge in [0.2, 0.25) is 11.8 Å². The van der Waals surface area contributed by atoms with Gasteiger partial charge in [-0.25, -0.2) is 9.37 Å². The number of aromatic nitrogens is 2. The molecule has 2 heterocycles. The Morgan fingerprint density at radius 2 is 1.91 bits per heavy atom. The first-order valence-corrected chi connectivity index (χ1v) is 10.8. The van der Waals surface area contributed by atoms with Crippen LogP contribution in [0.4, 0.5) is 10.1 Å². The fourth-order valence-corrected chi connectivity index (χ4v) is 3.91. The van der Waals surface area contributed by atoms with Crippen LogP contribution < -0.4 is 15.8 Å². The molecule has 2 aromatic carbocycles. The molecule has 0 bridgehead atoms. The number of rotatable bonds is 5. The number of anilines is 1. The normalized spacial score (nSPS) is 13.6. The monoisotopic (exact) mass is 462 g/mol. The summed E-state index contributed by atoms with van der Waals surface area (Å²) < 4.78 is 15.0. The number of amides is 2. The van der Waals surface area contributed by atoms with E-state index in [1.165, 1.54) is 23.0 Å². The Labute approximate surface area is 195 Å². The topological polar surface area (TPSA) is 111 Å². The molecule has 1 saturated heterocycles. The Bertz CT molecular complexity index is 1360. The van der Waals surface area contributed by atoms with E-state index in [0.717, 1.165) is 5.69 Å². The maximum atomic E-state index is 13.7. The molecule has 174 valence electrons. The third-order valence-corrected chi connectivity index (χ3v) is 5.86. The number of hydrogen-bond donors (Lipinski definition) is 1. The highest BCUT2D eigenvalue weighted by atomic mass is 19.1. The fraction of sp³-hybridized carbons (Fsp3) is 0.292. The van der Waals surface area contributed by atoms with E-state index in [2.05, 4.69) is 15.2 Å². The van der Waals surface area contributed by atoms with Gasteiger partial charge in [0, 0.05) is 45.3 Å². The number of hydrogen-bond acceptors (Lipinski definition) is 6. The van der Waals surface area contributed by atoms with E-state index in [1.807, 2.05) is 6.07 Å². The largest absolute Gasteiger partial charge is 0.368 e. The van der Waals surface area contributed by atoms with Crippen molar-refractivity contribution in [1.82, 2.24) is 19.8 Å². The molecule has 0 aliphatic carbocycles. The van der Waals surface area contributed by atoms with Crippen molar-refractivity contribution >= 4 is 28.4 Å². The molecule has 1 aliphatic heterocycles. The fourth-order valence-electron chi connectivity index (χ4n) is 3.91. The summed E-state index contributed by atoms with van der Waals surface area (Å²) in [6, 6.07) is 11.3. The second-order valence-electron chi connectivity index (χ2n) is 8.07. The van der Waals surface area contributed by atoms with Gasteiger partial charge in [-0.05, 0) is 35.9 Å². The quantitative estimate of drug-likeness (QED) is 0.614. The van der Waals surface area contributed by atoms with Gasteiger partial charge in [0.1, 0.15) is 18.4 Å². The number of halogens is 1. The minimum absolute atomic E-state index is 0.0489. The predicted octanol–water partition coefficient (Wildman–Crippen LogP) is 1.39. The van der Waals surface area contributed by atoms with Gasteiger partial charge in [-0.15, -0.1) is 0 Å². The molecule has 0 spiro atoms. The molecule has 1 fully saturated rings. The van der Waals surface area contributed by atoms with Gasteiger partial charge in [-0.1, -0.05) is 6.07 Å². The Hall–Kier alpha value is -4.26. The minimum atomic E-state index is -0.650. The van der Waals surface area contributed by atoms with Gasteiger partial charge in [-0.3, -0.25) is 19.0 Å². The number of nitrogens with one attached hydrogen (secondary N) is 1. The molecule has 4 rings (SSSR count). The Morgan fingerprint density at radius 1 is 1.15 bits per heavy atom. The molecule has 9 nitrogen and oxygen atoms in total. The van der Waals surface area contributed by atoms with Crippen molar-refractivity contribution in [2.45, 2.75) is 20.0 Å². The maximum Gasteiger partial charge on any atom is 0.261 e. The SMILES string of the molecule is CC(=O)N1CCN(c2ccc3ncn(CC(=O)NCc4ccc(C#N)c(F)c4)c(=O)c3c2)CC1. The standard InChI is InChI=1S/C24H23FN6O3/c1-16(32)29-6-8-30(9-7-29)19-4-5-22-20(11-19)24(34)31(15-28-22)14-23(33)27-13-17-2-3-18(12-26)21(25)10-17/h2-5,10-11,15H,6-9,13-14H2,1H3,(H,27,33). The number of carbonyl (C=O) groups excluding carboxylic acids is 2. The Morgan fingerprint density at radius 3 is 2.59 bits per heavy atom. The molecule has 0 radical (unpaired) electrons. The number of benzene rings is 2. The van der Waals surface area contributed by atoms with E-state index >= 15 is 0 Å². The molecule has 0 atom stereocenters. The first kappa shape index (κ1) is 22.9. The second-order valence-corrected chi connectivity index (χ2v) is 8.07. The van der Waals surface area contributed by atoms with Crippen molar-refractivity contribution in [3.8, 4) is 6.07 Å². The van der Waals surface area contributed by atoms with Crippen LogP contribution in [0.5, 0.6) is 0 Å².